The van der Waals surface area contributed by atoms with E-state index in [2.05, 4.69) is 12.8 Å². The Balaban J connectivity index is 3.07. The first kappa shape index (κ1) is 13.5. The molecule has 0 spiro atoms. The summed E-state index contributed by atoms with van der Waals surface area (Å²) in [4.78, 5) is 0. The van der Waals surface area contributed by atoms with Gasteiger partial charge in [-0.1, -0.05) is 45.4 Å². The Labute approximate surface area is 88.9 Å². The van der Waals surface area contributed by atoms with Crippen molar-refractivity contribution in [3.8, 4) is 12.3 Å². The van der Waals surface area contributed by atoms with Crippen molar-refractivity contribution in [1.82, 2.24) is 0 Å². The maximum Gasteiger partial charge on any atom is 0.0549 e. The van der Waals surface area contributed by atoms with Crippen molar-refractivity contribution in [3.05, 3.63) is 0 Å². The molecule has 1 nitrogen and oxygen atoms in total. The minimum atomic E-state index is -0.169. The highest BCUT2D eigenvalue weighted by Gasteiger charge is 2.01. The normalized spacial score (nSPS) is 12.4. The Morgan fingerprint density at radius 1 is 1.07 bits per heavy atom. The van der Waals surface area contributed by atoms with E-state index < -0.39 is 0 Å². The Morgan fingerprint density at radius 2 is 1.71 bits per heavy atom. The Morgan fingerprint density at radius 3 is 2.36 bits per heavy atom. The molecular weight excluding hydrogens is 172 g/mol. The van der Waals surface area contributed by atoms with Crippen LogP contribution in [0.15, 0.2) is 0 Å². The van der Waals surface area contributed by atoms with Crippen LogP contribution < -0.4 is 0 Å². The molecule has 1 heteroatoms. The molecule has 0 saturated heterocycles. The van der Waals surface area contributed by atoms with Gasteiger partial charge in [0.05, 0.1) is 6.10 Å². The van der Waals surface area contributed by atoms with Gasteiger partial charge in [-0.2, -0.15) is 0 Å². The van der Waals surface area contributed by atoms with Gasteiger partial charge in [0, 0.05) is 6.42 Å². The topological polar surface area (TPSA) is 20.2 Å². The standard InChI is InChI=1S/C13H24O/c1-3-5-7-8-9-10-12-13(14)11-6-4-2/h2,13-14H,3,5-12H2,1H3. The van der Waals surface area contributed by atoms with Gasteiger partial charge in [-0.25, -0.2) is 0 Å². The number of aliphatic hydroxyl groups is 1. The van der Waals surface area contributed by atoms with Crippen molar-refractivity contribution < 1.29 is 5.11 Å². The third-order valence-corrected chi connectivity index (χ3v) is 2.51. The number of rotatable bonds is 9. The Kier molecular flexibility index (Phi) is 10.2. The van der Waals surface area contributed by atoms with Crippen LogP contribution in [0.3, 0.4) is 0 Å². The lowest BCUT2D eigenvalue weighted by atomic mass is 10.0. The average Bonchev–Trinajstić information content (AvgIpc) is 2.20. The van der Waals surface area contributed by atoms with E-state index in [1.807, 2.05) is 0 Å². The number of unbranched alkanes of at least 4 members (excludes halogenated alkanes) is 5. The van der Waals surface area contributed by atoms with Gasteiger partial charge in [0.1, 0.15) is 0 Å². The van der Waals surface area contributed by atoms with Crippen molar-refractivity contribution in [2.45, 2.75) is 70.8 Å². The number of hydrogen-bond acceptors (Lipinski definition) is 1. The van der Waals surface area contributed by atoms with Crippen molar-refractivity contribution in [1.29, 1.82) is 0 Å². The van der Waals surface area contributed by atoms with E-state index in [9.17, 15) is 5.11 Å². The predicted octanol–water partition coefficient (Wildman–Crippen LogP) is 3.51. The molecule has 0 aliphatic heterocycles. The van der Waals surface area contributed by atoms with E-state index >= 15 is 0 Å². The number of hydrogen-bond donors (Lipinski definition) is 1. The smallest absolute Gasteiger partial charge is 0.0549 e. The maximum absolute atomic E-state index is 9.49. The molecule has 0 aromatic rings. The van der Waals surface area contributed by atoms with Crippen molar-refractivity contribution in [2.24, 2.45) is 0 Å². The number of terminal acetylenes is 1. The van der Waals surface area contributed by atoms with Gasteiger partial charge in [-0.15, -0.1) is 12.3 Å². The predicted molar refractivity (Wildman–Crippen MR) is 62.1 cm³/mol. The highest BCUT2D eigenvalue weighted by atomic mass is 16.3. The van der Waals surface area contributed by atoms with E-state index in [-0.39, 0.29) is 6.10 Å². The van der Waals surface area contributed by atoms with Crippen molar-refractivity contribution in [3.63, 3.8) is 0 Å². The highest BCUT2D eigenvalue weighted by molar-refractivity contribution is 4.84. The molecule has 0 aliphatic rings. The lowest BCUT2D eigenvalue weighted by Gasteiger charge is -2.07. The first-order valence-corrected chi connectivity index (χ1v) is 5.92. The van der Waals surface area contributed by atoms with Crippen LogP contribution >= 0.6 is 0 Å². The van der Waals surface area contributed by atoms with Gasteiger partial charge in [0.25, 0.3) is 0 Å². The monoisotopic (exact) mass is 196 g/mol. The van der Waals surface area contributed by atoms with Crippen LogP contribution in [0.2, 0.25) is 0 Å². The summed E-state index contributed by atoms with van der Waals surface area (Å²) in [6.07, 6.45) is 15.1. The minimum Gasteiger partial charge on any atom is -0.393 e. The third-order valence-electron chi connectivity index (χ3n) is 2.51. The molecule has 1 unspecified atom stereocenters. The molecular formula is C13H24O. The SMILES string of the molecule is C#CCCC(O)CCCCCCCC. The molecule has 0 saturated carbocycles. The van der Waals surface area contributed by atoms with Crippen LogP contribution in [0.1, 0.15) is 64.7 Å². The fourth-order valence-electron chi connectivity index (χ4n) is 1.55. The lowest BCUT2D eigenvalue weighted by molar-refractivity contribution is 0.152. The second kappa shape index (κ2) is 10.6. The first-order valence-electron chi connectivity index (χ1n) is 5.92. The van der Waals surface area contributed by atoms with Crippen LogP contribution in [0.5, 0.6) is 0 Å². The van der Waals surface area contributed by atoms with Crippen molar-refractivity contribution >= 4 is 0 Å². The van der Waals surface area contributed by atoms with Crippen LogP contribution in [-0.4, -0.2) is 11.2 Å². The van der Waals surface area contributed by atoms with E-state index in [4.69, 9.17) is 6.42 Å². The molecule has 0 bridgehead atoms. The largest absolute Gasteiger partial charge is 0.393 e. The third kappa shape index (κ3) is 9.61. The molecule has 0 radical (unpaired) electrons. The first-order chi connectivity index (χ1) is 6.81. The molecule has 0 aliphatic carbocycles. The Bertz CT molecular complexity index is 146. The summed E-state index contributed by atoms with van der Waals surface area (Å²) < 4.78 is 0. The molecule has 0 aromatic carbocycles. The minimum absolute atomic E-state index is 0.169. The zero-order valence-corrected chi connectivity index (χ0v) is 9.47. The summed E-state index contributed by atoms with van der Waals surface area (Å²) in [6.45, 7) is 2.23. The molecule has 0 amide bonds. The van der Waals surface area contributed by atoms with E-state index in [0.29, 0.717) is 6.42 Å². The van der Waals surface area contributed by atoms with Crippen molar-refractivity contribution in [2.75, 3.05) is 0 Å². The quantitative estimate of drug-likeness (QED) is 0.442. The van der Waals surface area contributed by atoms with E-state index in [0.717, 1.165) is 19.3 Å². The summed E-state index contributed by atoms with van der Waals surface area (Å²) in [5, 5.41) is 9.49. The second-order valence-electron chi connectivity index (χ2n) is 3.95. The number of aliphatic hydroxyl groups excluding tert-OH is 1. The van der Waals surface area contributed by atoms with Gasteiger partial charge < -0.3 is 5.11 Å². The summed E-state index contributed by atoms with van der Waals surface area (Å²) in [7, 11) is 0. The fourth-order valence-corrected chi connectivity index (χ4v) is 1.55. The van der Waals surface area contributed by atoms with Crippen LogP contribution in [0.4, 0.5) is 0 Å². The van der Waals surface area contributed by atoms with Crippen LogP contribution in [0, 0.1) is 12.3 Å². The lowest BCUT2D eigenvalue weighted by Crippen LogP contribution is -2.05. The van der Waals surface area contributed by atoms with Gasteiger partial charge in [-0.05, 0) is 12.8 Å². The molecule has 0 fully saturated rings. The summed E-state index contributed by atoms with van der Waals surface area (Å²) >= 11 is 0. The summed E-state index contributed by atoms with van der Waals surface area (Å²) in [5.41, 5.74) is 0. The van der Waals surface area contributed by atoms with Gasteiger partial charge in [0.15, 0.2) is 0 Å². The van der Waals surface area contributed by atoms with Gasteiger partial charge >= 0.3 is 0 Å². The molecule has 0 aromatic heterocycles. The van der Waals surface area contributed by atoms with Gasteiger partial charge in [-0.3, -0.25) is 0 Å². The van der Waals surface area contributed by atoms with E-state index in [1.54, 1.807) is 0 Å². The summed E-state index contributed by atoms with van der Waals surface area (Å²) in [6, 6.07) is 0. The van der Waals surface area contributed by atoms with E-state index in [1.165, 1.54) is 32.1 Å². The zero-order valence-electron chi connectivity index (χ0n) is 9.47. The van der Waals surface area contributed by atoms with Gasteiger partial charge in [0.2, 0.25) is 0 Å². The molecule has 0 heterocycles. The van der Waals surface area contributed by atoms with Crippen LogP contribution in [-0.2, 0) is 0 Å². The molecule has 14 heavy (non-hydrogen) atoms. The summed E-state index contributed by atoms with van der Waals surface area (Å²) in [5.74, 6) is 2.56. The zero-order chi connectivity index (χ0) is 10.6. The highest BCUT2D eigenvalue weighted by Crippen LogP contribution is 2.10. The average molecular weight is 196 g/mol. The fraction of sp³-hybridized carbons (Fsp3) is 0.846. The molecule has 82 valence electrons. The van der Waals surface area contributed by atoms with Crippen LogP contribution in [0.25, 0.3) is 0 Å². The molecule has 0 rings (SSSR count). The second-order valence-corrected chi connectivity index (χ2v) is 3.95. The maximum atomic E-state index is 9.49. The Hall–Kier alpha value is -0.480. The molecule has 1 N–H and O–H groups in total. The molecule has 1 atom stereocenters.